The van der Waals surface area contributed by atoms with Gasteiger partial charge in [0.15, 0.2) is 0 Å². The number of amides is 1. The van der Waals surface area contributed by atoms with Gasteiger partial charge in [0.05, 0.1) is 0 Å². The van der Waals surface area contributed by atoms with Gasteiger partial charge in [-0.3, -0.25) is 4.79 Å². The lowest BCUT2D eigenvalue weighted by Crippen LogP contribution is -2.45. The Bertz CT molecular complexity index is 718. The molecule has 6 heteroatoms. The van der Waals surface area contributed by atoms with E-state index >= 15 is 0 Å². The average Bonchev–Trinajstić information content (AvgIpc) is 2.84. The van der Waals surface area contributed by atoms with Crippen LogP contribution in [0.5, 0.6) is 0 Å². The minimum absolute atomic E-state index is 0.106. The molecule has 0 saturated heterocycles. The van der Waals surface area contributed by atoms with E-state index in [0.29, 0.717) is 0 Å². The number of rotatable bonds is 5. The largest absolute Gasteiger partial charge is 0.480 e. The number of carbonyl (C=O) groups excluding carboxylic acids is 1. The molecular weight excluding hydrogens is 306 g/mol. The molecule has 1 aromatic carbocycles. The summed E-state index contributed by atoms with van der Waals surface area (Å²) in [5, 5.41) is 20.9. The van der Waals surface area contributed by atoms with Gasteiger partial charge in [0, 0.05) is 17.9 Å². The van der Waals surface area contributed by atoms with Crippen LogP contribution in [0.1, 0.15) is 26.3 Å². The summed E-state index contributed by atoms with van der Waals surface area (Å²) in [6.45, 7) is 5.42. The van der Waals surface area contributed by atoms with E-state index in [9.17, 15) is 20.0 Å². The Morgan fingerprint density at radius 2 is 2.08 bits per heavy atom. The SMILES string of the molecule is CC(C)C(NC(=O)/C(C#N)=C\N1c2ccccc2CC1C)C(=O)O. The first-order valence-corrected chi connectivity index (χ1v) is 7.87. The number of para-hydroxylation sites is 1. The summed E-state index contributed by atoms with van der Waals surface area (Å²) in [6.07, 6.45) is 2.34. The molecular formula is C18H21N3O3. The van der Waals surface area contributed by atoms with Crippen molar-refractivity contribution in [3.05, 3.63) is 41.6 Å². The summed E-state index contributed by atoms with van der Waals surface area (Å²) < 4.78 is 0. The summed E-state index contributed by atoms with van der Waals surface area (Å²) in [4.78, 5) is 25.4. The van der Waals surface area contributed by atoms with Crippen molar-refractivity contribution in [2.45, 2.75) is 39.3 Å². The molecule has 2 unspecified atom stereocenters. The van der Waals surface area contributed by atoms with E-state index < -0.39 is 17.9 Å². The van der Waals surface area contributed by atoms with Crippen LogP contribution in [0.3, 0.4) is 0 Å². The molecule has 0 bridgehead atoms. The molecule has 1 aliphatic rings. The third-order valence-electron chi connectivity index (χ3n) is 4.11. The fourth-order valence-corrected chi connectivity index (χ4v) is 2.80. The molecule has 1 amide bonds. The molecule has 0 radical (unpaired) electrons. The number of nitriles is 1. The van der Waals surface area contributed by atoms with Gasteiger partial charge in [0.2, 0.25) is 0 Å². The Labute approximate surface area is 141 Å². The number of carbonyl (C=O) groups is 2. The Balaban J connectivity index is 2.25. The number of fused-ring (bicyclic) bond motifs is 1. The predicted molar refractivity (Wildman–Crippen MR) is 90.2 cm³/mol. The molecule has 2 atom stereocenters. The molecule has 1 heterocycles. The monoisotopic (exact) mass is 327 g/mol. The number of hydrogen-bond acceptors (Lipinski definition) is 4. The third-order valence-corrected chi connectivity index (χ3v) is 4.11. The second kappa shape index (κ2) is 7.18. The maximum Gasteiger partial charge on any atom is 0.326 e. The quantitative estimate of drug-likeness (QED) is 0.638. The second-order valence-electron chi connectivity index (χ2n) is 6.28. The zero-order valence-electron chi connectivity index (χ0n) is 14.0. The van der Waals surface area contributed by atoms with Gasteiger partial charge in [-0.2, -0.15) is 5.26 Å². The first-order valence-electron chi connectivity index (χ1n) is 7.87. The molecule has 0 saturated carbocycles. The second-order valence-corrected chi connectivity index (χ2v) is 6.28. The zero-order valence-corrected chi connectivity index (χ0v) is 14.0. The third kappa shape index (κ3) is 3.57. The molecule has 0 aromatic heterocycles. The van der Waals surface area contributed by atoms with Crippen LogP contribution in [0, 0.1) is 17.2 Å². The molecule has 0 spiro atoms. The number of nitrogens with zero attached hydrogens (tertiary/aromatic N) is 2. The van der Waals surface area contributed by atoms with Crippen molar-refractivity contribution in [2.75, 3.05) is 4.90 Å². The van der Waals surface area contributed by atoms with Crippen LogP contribution in [0.15, 0.2) is 36.0 Å². The van der Waals surface area contributed by atoms with Gasteiger partial charge in [-0.1, -0.05) is 32.0 Å². The van der Waals surface area contributed by atoms with Crippen molar-refractivity contribution in [3.8, 4) is 6.07 Å². The van der Waals surface area contributed by atoms with Crippen molar-refractivity contribution in [1.29, 1.82) is 5.26 Å². The fraction of sp³-hybridized carbons (Fsp3) is 0.389. The van der Waals surface area contributed by atoms with Crippen molar-refractivity contribution >= 4 is 17.6 Å². The van der Waals surface area contributed by atoms with E-state index in [1.54, 1.807) is 13.8 Å². The van der Waals surface area contributed by atoms with Crippen LogP contribution in [-0.4, -0.2) is 29.1 Å². The first kappa shape index (κ1) is 17.5. The maximum atomic E-state index is 12.3. The van der Waals surface area contributed by atoms with Gasteiger partial charge in [0.25, 0.3) is 5.91 Å². The van der Waals surface area contributed by atoms with Crippen LogP contribution in [-0.2, 0) is 16.0 Å². The van der Waals surface area contributed by atoms with Crippen molar-refractivity contribution < 1.29 is 14.7 Å². The van der Waals surface area contributed by atoms with E-state index in [1.165, 1.54) is 6.20 Å². The lowest BCUT2D eigenvalue weighted by Gasteiger charge is -2.22. The minimum atomic E-state index is -1.12. The number of hydrogen-bond donors (Lipinski definition) is 2. The molecule has 126 valence electrons. The molecule has 0 fully saturated rings. The lowest BCUT2D eigenvalue weighted by molar-refractivity contribution is -0.142. The summed E-state index contributed by atoms with van der Waals surface area (Å²) in [6, 6.07) is 8.79. The highest BCUT2D eigenvalue weighted by atomic mass is 16.4. The predicted octanol–water partition coefficient (Wildman–Crippen LogP) is 2.07. The summed E-state index contributed by atoms with van der Waals surface area (Å²) in [7, 11) is 0. The standard InChI is InChI=1S/C18H21N3O3/c1-11(2)16(18(23)24)20-17(22)14(9-19)10-21-12(3)8-13-6-4-5-7-15(13)21/h4-7,10-12,16H,8H2,1-3H3,(H,20,22)(H,23,24)/b14-10-. The molecule has 1 aliphatic heterocycles. The van der Waals surface area contributed by atoms with Crippen molar-refractivity contribution in [3.63, 3.8) is 0 Å². The first-order chi connectivity index (χ1) is 11.3. The average molecular weight is 327 g/mol. The number of anilines is 1. The van der Waals surface area contributed by atoms with Crippen molar-refractivity contribution in [1.82, 2.24) is 5.32 Å². The molecule has 2 N–H and O–H groups in total. The van der Waals surface area contributed by atoms with Gasteiger partial charge >= 0.3 is 5.97 Å². The van der Waals surface area contributed by atoms with E-state index in [4.69, 9.17) is 0 Å². The minimum Gasteiger partial charge on any atom is -0.480 e. The highest BCUT2D eigenvalue weighted by molar-refractivity contribution is 5.99. The topological polar surface area (TPSA) is 93.4 Å². The van der Waals surface area contributed by atoms with E-state index in [1.807, 2.05) is 42.2 Å². The van der Waals surface area contributed by atoms with E-state index in [-0.39, 0.29) is 17.5 Å². The molecule has 0 aliphatic carbocycles. The Morgan fingerprint density at radius 3 is 2.67 bits per heavy atom. The normalized spacial score (nSPS) is 18.0. The Morgan fingerprint density at radius 1 is 1.42 bits per heavy atom. The molecule has 1 aromatic rings. The molecule has 24 heavy (non-hydrogen) atoms. The smallest absolute Gasteiger partial charge is 0.326 e. The number of nitrogens with one attached hydrogen (secondary N) is 1. The summed E-state index contributed by atoms with van der Waals surface area (Å²) >= 11 is 0. The number of benzene rings is 1. The van der Waals surface area contributed by atoms with Gasteiger partial charge in [-0.15, -0.1) is 0 Å². The maximum absolute atomic E-state index is 12.3. The molecule has 2 rings (SSSR count). The fourth-order valence-electron chi connectivity index (χ4n) is 2.80. The highest BCUT2D eigenvalue weighted by Crippen LogP contribution is 2.32. The number of carboxylic acids is 1. The Hall–Kier alpha value is -2.81. The highest BCUT2D eigenvalue weighted by Gasteiger charge is 2.28. The molecule has 6 nitrogen and oxygen atoms in total. The van der Waals surface area contributed by atoms with Crippen LogP contribution >= 0.6 is 0 Å². The van der Waals surface area contributed by atoms with Gasteiger partial charge < -0.3 is 15.3 Å². The van der Waals surface area contributed by atoms with Crippen molar-refractivity contribution in [2.24, 2.45) is 5.92 Å². The van der Waals surface area contributed by atoms with E-state index in [2.05, 4.69) is 5.32 Å². The van der Waals surface area contributed by atoms with Crippen LogP contribution < -0.4 is 10.2 Å². The van der Waals surface area contributed by atoms with E-state index in [0.717, 1.165) is 17.7 Å². The summed E-state index contributed by atoms with van der Waals surface area (Å²) in [5.74, 6) is -2.07. The van der Waals surface area contributed by atoms with Gasteiger partial charge in [0.1, 0.15) is 17.7 Å². The lowest BCUT2D eigenvalue weighted by atomic mass is 10.0. The number of carboxylic acid groups (broad SMARTS) is 1. The zero-order chi connectivity index (χ0) is 17.9. The summed E-state index contributed by atoms with van der Waals surface area (Å²) in [5.41, 5.74) is 2.01. The Kier molecular flexibility index (Phi) is 5.24. The van der Waals surface area contributed by atoms with Crippen LogP contribution in [0.2, 0.25) is 0 Å². The number of aliphatic carboxylic acids is 1. The van der Waals surface area contributed by atoms with Crippen LogP contribution in [0.4, 0.5) is 5.69 Å². The van der Waals surface area contributed by atoms with Crippen LogP contribution in [0.25, 0.3) is 0 Å². The van der Waals surface area contributed by atoms with Gasteiger partial charge in [-0.05, 0) is 30.9 Å². The van der Waals surface area contributed by atoms with Gasteiger partial charge in [-0.25, -0.2) is 4.79 Å².